The Morgan fingerprint density at radius 3 is 2.88 bits per heavy atom. The molecule has 16 heavy (non-hydrogen) atoms. The van der Waals surface area contributed by atoms with Crippen LogP contribution in [0.4, 0.5) is 0 Å². The number of nitrogens with zero attached hydrogens (tertiary/aromatic N) is 1. The molecule has 0 bridgehead atoms. The van der Waals surface area contributed by atoms with Crippen LogP contribution in [0.25, 0.3) is 0 Å². The molecule has 1 unspecified atom stereocenters. The first-order valence-corrected chi connectivity index (χ1v) is 6.95. The molecular weight excluding hydrogens is 262 g/mol. The summed E-state index contributed by atoms with van der Waals surface area (Å²) in [4.78, 5) is 2.59. The molecule has 0 N–H and O–H groups in total. The molecule has 0 radical (unpaired) electrons. The minimum absolute atomic E-state index is 0.676. The van der Waals surface area contributed by atoms with E-state index in [1.807, 2.05) is 0 Å². The van der Waals surface area contributed by atoms with Crippen molar-refractivity contribution >= 4 is 15.9 Å². The first-order valence-electron chi connectivity index (χ1n) is 6.16. The van der Waals surface area contributed by atoms with E-state index in [0.29, 0.717) is 12.0 Å². The van der Waals surface area contributed by atoms with Crippen LogP contribution in [-0.2, 0) is 0 Å². The molecule has 1 aromatic rings. The fourth-order valence-corrected chi connectivity index (χ4v) is 2.92. The second-order valence-electron chi connectivity index (χ2n) is 4.98. The molecule has 1 heterocycles. The van der Waals surface area contributed by atoms with Crippen LogP contribution in [-0.4, -0.2) is 24.0 Å². The molecule has 1 saturated heterocycles. The fourth-order valence-electron chi connectivity index (χ4n) is 2.51. The van der Waals surface area contributed by atoms with Crippen molar-refractivity contribution in [2.45, 2.75) is 38.6 Å². The fraction of sp³-hybridized carbons (Fsp3) is 0.571. The minimum Gasteiger partial charge on any atom is -0.300 e. The van der Waals surface area contributed by atoms with Crippen molar-refractivity contribution in [3.63, 3.8) is 0 Å². The minimum atomic E-state index is 0.676. The molecule has 1 aromatic carbocycles. The maximum atomic E-state index is 3.56. The van der Waals surface area contributed by atoms with Gasteiger partial charge in [-0.2, -0.15) is 0 Å². The number of piperidine rings is 1. The molecule has 0 saturated carbocycles. The zero-order chi connectivity index (χ0) is 11.5. The third-order valence-electron chi connectivity index (χ3n) is 3.50. The lowest BCUT2D eigenvalue weighted by molar-refractivity contribution is 0.167. The van der Waals surface area contributed by atoms with Gasteiger partial charge < -0.3 is 4.90 Å². The van der Waals surface area contributed by atoms with Crippen LogP contribution in [0, 0.1) is 0 Å². The van der Waals surface area contributed by atoms with Crippen molar-refractivity contribution in [1.29, 1.82) is 0 Å². The summed E-state index contributed by atoms with van der Waals surface area (Å²) in [6.45, 7) is 7.07. The van der Waals surface area contributed by atoms with Gasteiger partial charge >= 0.3 is 0 Å². The molecule has 0 aliphatic carbocycles. The quantitative estimate of drug-likeness (QED) is 0.791. The van der Waals surface area contributed by atoms with Crippen molar-refractivity contribution in [3.8, 4) is 0 Å². The normalized spacial score (nSPS) is 22.6. The van der Waals surface area contributed by atoms with Gasteiger partial charge in [-0.3, -0.25) is 0 Å². The van der Waals surface area contributed by atoms with Gasteiger partial charge in [-0.25, -0.2) is 0 Å². The summed E-state index contributed by atoms with van der Waals surface area (Å²) in [7, 11) is 0. The highest BCUT2D eigenvalue weighted by molar-refractivity contribution is 9.10. The summed E-state index contributed by atoms with van der Waals surface area (Å²) >= 11 is 3.56. The van der Waals surface area contributed by atoms with Crippen molar-refractivity contribution in [3.05, 3.63) is 34.3 Å². The van der Waals surface area contributed by atoms with E-state index in [0.717, 1.165) is 0 Å². The van der Waals surface area contributed by atoms with Crippen LogP contribution < -0.4 is 0 Å². The zero-order valence-electron chi connectivity index (χ0n) is 10.1. The Hall–Kier alpha value is -0.340. The van der Waals surface area contributed by atoms with E-state index in [4.69, 9.17) is 0 Å². The molecule has 2 heteroatoms. The molecule has 1 aliphatic rings. The second-order valence-corrected chi connectivity index (χ2v) is 5.90. The van der Waals surface area contributed by atoms with Gasteiger partial charge in [0, 0.05) is 17.1 Å². The van der Waals surface area contributed by atoms with Gasteiger partial charge in [0.15, 0.2) is 0 Å². The van der Waals surface area contributed by atoms with E-state index < -0.39 is 0 Å². The Balaban J connectivity index is 2.09. The van der Waals surface area contributed by atoms with E-state index >= 15 is 0 Å². The number of likely N-dealkylation sites (tertiary alicyclic amines) is 1. The highest BCUT2D eigenvalue weighted by Crippen LogP contribution is 2.29. The van der Waals surface area contributed by atoms with Gasteiger partial charge in [-0.15, -0.1) is 0 Å². The lowest BCUT2D eigenvalue weighted by Gasteiger charge is -2.35. The first-order chi connectivity index (χ1) is 7.66. The molecule has 1 fully saturated rings. The molecule has 0 aromatic heterocycles. The topological polar surface area (TPSA) is 3.24 Å². The van der Waals surface area contributed by atoms with E-state index in [1.54, 1.807) is 0 Å². The summed E-state index contributed by atoms with van der Waals surface area (Å²) in [5.41, 5.74) is 1.49. The SMILES string of the molecule is CC(C)N1CCCC(c2cccc(Br)c2)C1. The Bertz CT molecular complexity index is 348. The summed E-state index contributed by atoms with van der Waals surface area (Å²) in [6, 6.07) is 9.46. The van der Waals surface area contributed by atoms with Crippen molar-refractivity contribution in [1.82, 2.24) is 4.90 Å². The van der Waals surface area contributed by atoms with Crippen LogP contribution in [0.2, 0.25) is 0 Å². The molecule has 1 aliphatic heterocycles. The van der Waals surface area contributed by atoms with Crippen LogP contribution in [0.1, 0.15) is 38.2 Å². The van der Waals surface area contributed by atoms with E-state index in [2.05, 4.69) is 58.9 Å². The number of rotatable bonds is 2. The van der Waals surface area contributed by atoms with Crippen LogP contribution in [0.3, 0.4) is 0 Å². The predicted molar refractivity (Wildman–Crippen MR) is 72.8 cm³/mol. The van der Waals surface area contributed by atoms with E-state index in [9.17, 15) is 0 Å². The maximum Gasteiger partial charge on any atom is 0.0178 e. The van der Waals surface area contributed by atoms with Gasteiger partial charge in [0.25, 0.3) is 0 Å². The molecule has 1 atom stereocenters. The van der Waals surface area contributed by atoms with Crippen LogP contribution >= 0.6 is 15.9 Å². The summed E-state index contributed by atoms with van der Waals surface area (Å²) in [5.74, 6) is 0.716. The lowest BCUT2D eigenvalue weighted by Crippen LogP contribution is -2.39. The monoisotopic (exact) mass is 281 g/mol. The van der Waals surface area contributed by atoms with Gasteiger partial charge in [0.2, 0.25) is 0 Å². The van der Waals surface area contributed by atoms with Gasteiger partial charge in [-0.1, -0.05) is 28.1 Å². The number of benzene rings is 1. The van der Waals surface area contributed by atoms with Gasteiger partial charge in [0.1, 0.15) is 0 Å². The van der Waals surface area contributed by atoms with Crippen LogP contribution in [0.5, 0.6) is 0 Å². The largest absolute Gasteiger partial charge is 0.300 e. The standard InChI is InChI=1S/C14H20BrN/c1-11(2)16-8-4-6-13(10-16)12-5-3-7-14(15)9-12/h3,5,7,9,11,13H,4,6,8,10H2,1-2H3. The predicted octanol–water partition coefficient (Wildman–Crippen LogP) is 4.04. The average Bonchev–Trinajstić information content (AvgIpc) is 2.29. The summed E-state index contributed by atoms with van der Waals surface area (Å²) in [5, 5.41) is 0. The molecule has 1 nitrogen and oxygen atoms in total. The number of halogens is 1. The molecular formula is C14H20BrN. The van der Waals surface area contributed by atoms with Crippen molar-refractivity contribution in [2.75, 3.05) is 13.1 Å². The van der Waals surface area contributed by atoms with E-state index in [1.165, 1.54) is 36.0 Å². The third-order valence-corrected chi connectivity index (χ3v) is 4.00. The number of hydrogen-bond donors (Lipinski definition) is 0. The van der Waals surface area contributed by atoms with E-state index in [-0.39, 0.29) is 0 Å². The Morgan fingerprint density at radius 1 is 1.38 bits per heavy atom. The maximum absolute atomic E-state index is 3.56. The molecule has 0 spiro atoms. The smallest absolute Gasteiger partial charge is 0.0178 e. The summed E-state index contributed by atoms with van der Waals surface area (Å²) in [6.07, 6.45) is 2.66. The Kier molecular flexibility index (Phi) is 4.04. The highest BCUT2D eigenvalue weighted by Gasteiger charge is 2.22. The number of hydrogen-bond acceptors (Lipinski definition) is 1. The van der Waals surface area contributed by atoms with Gasteiger partial charge in [-0.05, 0) is 56.8 Å². The first kappa shape index (κ1) is 12.1. The van der Waals surface area contributed by atoms with Crippen LogP contribution in [0.15, 0.2) is 28.7 Å². The third kappa shape index (κ3) is 2.86. The molecule has 2 rings (SSSR count). The Labute approximate surface area is 107 Å². The molecule has 88 valence electrons. The lowest BCUT2D eigenvalue weighted by atomic mass is 9.90. The van der Waals surface area contributed by atoms with Gasteiger partial charge in [0.05, 0.1) is 0 Å². The Morgan fingerprint density at radius 2 is 2.19 bits per heavy atom. The van der Waals surface area contributed by atoms with Crippen molar-refractivity contribution in [2.24, 2.45) is 0 Å². The highest BCUT2D eigenvalue weighted by atomic mass is 79.9. The zero-order valence-corrected chi connectivity index (χ0v) is 11.7. The average molecular weight is 282 g/mol. The summed E-state index contributed by atoms with van der Waals surface area (Å²) < 4.78 is 1.20. The molecule has 0 amide bonds. The van der Waals surface area contributed by atoms with Crippen molar-refractivity contribution < 1.29 is 0 Å². The second kappa shape index (κ2) is 5.33.